The van der Waals surface area contributed by atoms with Gasteiger partial charge >= 0.3 is 0 Å². The van der Waals surface area contributed by atoms with Crippen LogP contribution in [0.5, 0.6) is 5.75 Å². The van der Waals surface area contributed by atoms with Crippen LogP contribution in [0.1, 0.15) is 19.3 Å². The first-order valence-electron chi connectivity index (χ1n) is 8.80. The van der Waals surface area contributed by atoms with E-state index in [1.165, 1.54) is 0 Å². The first-order valence-corrected chi connectivity index (χ1v) is 9.18. The summed E-state index contributed by atoms with van der Waals surface area (Å²) < 4.78 is 16.8. The molecular formula is C18H28ClN3O3. The second-order valence-corrected chi connectivity index (χ2v) is 6.23. The third-order valence-electron chi connectivity index (χ3n) is 3.77. The van der Waals surface area contributed by atoms with Crippen LogP contribution in [0.4, 0.5) is 0 Å². The molecular weight excluding hydrogens is 342 g/mol. The van der Waals surface area contributed by atoms with Crippen LogP contribution in [0.3, 0.4) is 0 Å². The summed E-state index contributed by atoms with van der Waals surface area (Å²) in [5.41, 5.74) is 0. The average Bonchev–Trinajstić information content (AvgIpc) is 3.13. The summed E-state index contributed by atoms with van der Waals surface area (Å²) in [4.78, 5) is 4.18. The Bertz CT molecular complexity index is 522. The number of hydrogen-bond acceptors (Lipinski definition) is 4. The molecule has 2 rings (SSSR count). The van der Waals surface area contributed by atoms with E-state index in [4.69, 9.17) is 25.8 Å². The minimum Gasteiger partial charge on any atom is -0.492 e. The zero-order chi connectivity index (χ0) is 17.7. The van der Waals surface area contributed by atoms with Crippen LogP contribution in [0.25, 0.3) is 0 Å². The molecule has 1 atom stereocenters. The van der Waals surface area contributed by atoms with Crippen LogP contribution in [0.2, 0.25) is 5.02 Å². The van der Waals surface area contributed by atoms with Crippen LogP contribution in [-0.4, -0.2) is 58.6 Å². The summed E-state index contributed by atoms with van der Waals surface area (Å²) in [5.74, 6) is 1.52. The normalized spacial score (nSPS) is 17.5. The summed E-state index contributed by atoms with van der Waals surface area (Å²) in [7, 11) is 1.75. The predicted molar refractivity (Wildman–Crippen MR) is 101 cm³/mol. The smallest absolute Gasteiger partial charge is 0.191 e. The number of hydrogen-bond donors (Lipinski definition) is 2. The van der Waals surface area contributed by atoms with Gasteiger partial charge in [0.1, 0.15) is 12.4 Å². The van der Waals surface area contributed by atoms with Crippen LogP contribution < -0.4 is 15.4 Å². The van der Waals surface area contributed by atoms with E-state index < -0.39 is 0 Å². The Morgan fingerprint density at radius 3 is 2.96 bits per heavy atom. The Kier molecular flexibility index (Phi) is 9.47. The molecule has 1 aromatic carbocycles. The fourth-order valence-corrected chi connectivity index (χ4v) is 2.67. The first-order chi connectivity index (χ1) is 12.3. The largest absolute Gasteiger partial charge is 0.492 e. The van der Waals surface area contributed by atoms with Crippen LogP contribution in [0, 0.1) is 0 Å². The lowest BCUT2D eigenvalue weighted by atomic mass is 10.2. The molecule has 0 aromatic heterocycles. The van der Waals surface area contributed by atoms with E-state index in [1.54, 1.807) is 13.1 Å². The number of ether oxygens (including phenoxy) is 3. The van der Waals surface area contributed by atoms with Crippen LogP contribution >= 0.6 is 11.6 Å². The maximum Gasteiger partial charge on any atom is 0.191 e. The van der Waals surface area contributed by atoms with Gasteiger partial charge in [0, 0.05) is 31.8 Å². The monoisotopic (exact) mass is 369 g/mol. The highest BCUT2D eigenvalue weighted by Gasteiger charge is 2.14. The van der Waals surface area contributed by atoms with Gasteiger partial charge in [0.05, 0.1) is 19.3 Å². The van der Waals surface area contributed by atoms with E-state index in [0.717, 1.165) is 50.7 Å². The highest BCUT2D eigenvalue weighted by atomic mass is 35.5. The molecule has 2 N–H and O–H groups in total. The zero-order valence-electron chi connectivity index (χ0n) is 14.8. The van der Waals surface area contributed by atoms with E-state index in [-0.39, 0.29) is 0 Å². The summed E-state index contributed by atoms with van der Waals surface area (Å²) in [6.45, 7) is 4.29. The van der Waals surface area contributed by atoms with E-state index in [9.17, 15) is 0 Å². The van der Waals surface area contributed by atoms with Crippen molar-refractivity contribution in [1.82, 2.24) is 10.6 Å². The van der Waals surface area contributed by atoms with E-state index in [0.29, 0.717) is 30.9 Å². The maximum atomic E-state index is 5.92. The molecule has 0 spiro atoms. The molecule has 0 bridgehead atoms. The SMILES string of the molecule is CN=C(NCCCOCC1CCCO1)NCCOc1cccc(Cl)c1. The maximum absolute atomic E-state index is 5.92. The highest BCUT2D eigenvalue weighted by molar-refractivity contribution is 6.30. The van der Waals surface area contributed by atoms with Gasteiger partial charge < -0.3 is 24.8 Å². The number of benzene rings is 1. The highest BCUT2D eigenvalue weighted by Crippen LogP contribution is 2.16. The molecule has 1 saturated heterocycles. The van der Waals surface area contributed by atoms with Gasteiger partial charge in [-0.15, -0.1) is 0 Å². The predicted octanol–water partition coefficient (Wildman–Crippen LogP) is 2.47. The van der Waals surface area contributed by atoms with Crippen molar-refractivity contribution >= 4 is 17.6 Å². The van der Waals surface area contributed by atoms with Gasteiger partial charge in [-0.05, 0) is 37.5 Å². The van der Waals surface area contributed by atoms with E-state index in [2.05, 4.69) is 15.6 Å². The molecule has 1 fully saturated rings. The van der Waals surface area contributed by atoms with Gasteiger partial charge in [-0.25, -0.2) is 0 Å². The third-order valence-corrected chi connectivity index (χ3v) is 4.00. The van der Waals surface area contributed by atoms with E-state index >= 15 is 0 Å². The number of aliphatic imine (C=N–C) groups is 1. The number of rotatable bonds is 10. The molecule has 25 heavy (non-hydrogen) atoms. The van der Waals surface area contributed by atoms with Crippen molar-refractivity contribution in [2.24, 2.45) is 4.99 Å². The molecule has 1 aromatic rings. The second-order valence-electron chi connectivity index (χ2n) is 5.80. The summed E-state index contributed by atoms with van der Waals surface area (Å²) in [6.07, 6.45) is 3.48. The molecule has 7 heteroatoms. The lowest BCUT2D eigenvalue weighted by Gasteiger charge is -2.13. The molecule has 140 valence electrons. The van der Waals surface area contributed by atoms with Gasteiger partial charge in [-0.2, -0.15) is 0 Å². The van der Waals surface area contributed by atoms with E-state index in [1.807, 2.05) is 18.2 Å². The molecule has 6 nitrogen and oxygen atoms in total. The number of guanidine groups is 1. The Hall–Kier alpha value is -1.50. The molecule has 0 radical (unpaired) electrons. The molecule has 1 aliphatic heterocycles. The van der Waals surface area contributed by atoms with Gasteiger partial charge in [0.2, 0.25) is 0 Å². The number of halogens is 1. The van der Waals surface area contributed by atoms with Crippen molar-refractivity contribution in [3.05, 3.63) is 29.3 Å². The van der Waals surface area contributed by atoms with Gasteiger partial charge in [0.25, 0.3) is 0 Å². The molecule has 1 unspecified atom stereocenters. The summed E-state index contributed by atoms with van der Waals surface area (Å²) in [5, 5.41) is 7.14. The lowest BCUT2D eigenvalue weighted by Crippen LogP contribution is -2.39. The fourth-order valence-electron chi connectivity index (χ4n) is 2.49. The fraction of sp³-hybridized carbons (Fsp3) is 0.611. The van der Waals surface area contributed by atoms with Crippen LogP contribution in [0.15, 0.2) is 29.3 Å². The lowest BCUT2D eigenvalue weighted by molar-refractivity contribution is 0.0168. The minimum absolute atomic E-state index is 0.293. The quantitative estimate of drug-likeness (QED) is 0.377. The Balaban J connectivity index is 1.47. The molecule has 0 amide bonds. The van der Waals surface area contributed by atoms with Crippen molar-refractivity contribution in [3.63, 3.8) is 0 Å². The van der Waals surface area contributed by atoms with Gasteiger partial charge in [-0.1, -0.05) is 17.7 Å². The standard InChI is InChI=1S/C18H28ClN3O3/c1-20-18(21-8-4-10-23-14-17-7-3-11-24-17)22-9-12-25-16-6-2-5-15(19)13-16/h2,5-6,13,17H,3-4,7-12,14H2,1H3,(H2,20,21,22). The first kappa shape index (κ1) is 19.8. The van der Waals surface area contributed by atoms with Crippen molar-refractivity contribution < 1.29 is 14.2 Å². The molecule has 0 saturated carbocycles. The van der Waals surface area contributed by atoms with Crippen molar-refractivity contribution in [1.29, 1.82) is 0 Å². The van der Waals surface area contributed by atoms with Gasteiger partial charge in [-0.3, -0.25) is 4.99 Å². The second kappa shape index (κ2) is 12.0. The Morgan fingerprint density at radius 1 is 1.32 bits per heavy atom. The number of nitrogens with zero attached hydrogens (tertiary/aromatic N) is 1. The molecule has 1 aliphatic rings. The zero-order valence-corrected chi connectivity index (χ0v) is 15.6. The topological polar surface area (TPSA) is 64.1 Å². The average molecular weight is 370 g/mol. The number of nitrogens with one attached hydrogen (secondary N) is 2. The van der Waals surface area contributed by atoms with Crippen molar-refractivity contribution in [3.8, 4) is 5.75 Å². The van der Waals surface area contributed by atoms with Crippen molar-refractivity contribution in [2.45, 2.75) is 25.4 Å². The van der Waals surface area contributed by atoms with Crippen molar-refractivity contribution in [2.75, 3.05) is 46.6 Å². The molecule has 0 aliphatic carbocycles. The summed E-state index contributed by atoms with van der Waals surface area (Å²) >= 11 is 5.92. The third kappa shape index (κ3) is 8.43. The van der Waals surface area contributed by atoms with Gasteiger partial charge in [0.15, 0.2) is 5.96 Å². The Labute approximate surface area is 154 Å². The summed E-state index contributed by atoms with van der Waals surface area (Å²) in [6, 6.07) is 7.37. The Morgan fingerprint density at radius 2 is 2.20 bits per heavy atom. The minimum atomic E-state index is 0.293. The van der Waals surface area contributed by atoms with Crippen LogP contribution in [-0.2, 0) is 9.47 Å². The molecule has 1 heterocycles.